The number of esters is 2. The molecule has 2 atom stereocenters. The van der Waals surface area contributed by atoms with Gasteiger partial charge in [-0.3, -0.25) is 9.59 Å². The van der Waals surface area contributed by atoms with E-state index in [9.17, 15) is 19.5 Å². The van der Waals surface area contributed by atoms with E-state index in [1.807, 2.05) is 21.1 Å². The summed E-state index contributed by atoms with van der Waals surface area (Å²) in [6.07, 6.45) is 119. The number of nitrogens with zero attached hydrogens (tertiary/aromatic N) is 1. The summed E-state index contributed by atoms with van der Waals surface area (Å²) in [7, 11) is 5.96. The highest BCUT2D eigenvalue weighted by Gasteiger charge is 2.25. The number of carboxylic acid groups (broad SMARTS) is 1. The lowest BCUT2D eigenvalue weighted by molar-refractivity contribution is -0.870. The minimum Gasteiger partial charge on any atom is -0.477 e. The zero-order chi connectivity index (χ0) is 71.8. The molecule has 1 N–H and O–H groups in total. The molecule has 9 nitrogen and oxygen atoms in total. The Morgan fingerprint density at radius 1 is 0.303 bits per heavy atom. The average molecular weight is 1370 g/mol. The van der Waals surface area contributed by atoms with E-state index in [4.69, 9.17) is 18.9 Å². The van der Waals surface area contributed by atoms with Gasteiger partial charge < -0.3 is 28.5 Å². The Kier molecular flexibility index (Phi) is 72.4. The fourth-order valence-electron chi connectivity index (χ4n) is 9.88. The second-order valence-corrected chi connectivity index (χ2v) is 26.2. The maximum absolute atomic E-state index is 13.0. The van der Waals surface area contributed by atoms with Crippen LogP contribution in [0.5, 0.6) is 0 Å². The normalized spacial score (nSPS) is 13.9. The van der Waals surface area contributed by atoms with Gasteiger partial charge in [0.15, 0.2) is 6.10 Å². The van der Waals surface area contributed by atoms with Gasteiger partial charge in [0, 0.05) is 12.8 Å². The minimum atomic E-state index is -1.53. The van der Waals surface area contributed by atoms with Crippen LogP contribution in [0.2, 0.25) is 0 Å². The summed E-state index contributed by atoms with van der Waals surface area (Å²) in [6.45, 7) is 4.61. The van der Waals surface area contributed by atoms with E-state index >= 15 is 0 Å². The minimum absolute atomic E-state index is 0.174. The Morgan fingerprint density at radius 2 is 0.545 bits per heavy atom. The smallest absolute Gasteiger partial charge is 0.361 e. The number of hydrogen-bond acceptors (Lipinski definition) is 7. The lowest BCUT2D eigenvalue weighted by Crippen LogP contribution is -2.40. The Balaban J connectivity index is 4.19. The van der Waals surface area contributed by atoms with Gasteiger partial charge in [-0.2, -0.15) is 0 Å². The zero-order valence-electron chi connectivity index (χ0n) is 63.3. The number of hydrogen-bond donors (Lipinski definition) is 1. The van der Waals surface area contributed by atoms with Crippen LogP contribution < -0.4 is 0 Å². The molecule has 2 unspecified atom stereocenters. The molecule has 0 heterocycles. The number of likely N-dealkylation sites (N-methyl/N-ethyl adjacent to an activating group) is 1. The van der Waals surface area contributed by atoms with Gasteiger partial charge in [0.05, 0.1) is 34.4 Å². The van der Waals surface area contributed by atoms with Crippen molar-refractivity contribution >= 4 is 17.9 Å². The summed E-state index contributed by atoms with van der Waals surface area (Å²) in [6, 6.07) is 0. The van der Waals surface area contributed by atoms with Crippen molar-refractivity contribution in [1.82, 2.24) is 0 Å². The van der Waals surface area contributed by atoms with E-state index in [2.05, 4.69) is 233 Å². The predicted octanol–water partition coefficient (Wildman–Crippen LogP) is 25.2. The molecule has 0 aromatic heterocycles. The van der Waals surface area contributed by atoms with Crippen LogP contribution in [0, 0.1) is 0 Å². The molecule has 0 saturated heterocycles. The number of carbonyl (C=O) groups is 3. The molecule has 99 heavy (non-hydrogen) atoms. The molecular formula is C90H142NO8+. The van der Waals surface area contributed by atoms with Crippen molar-refractivity contribution in [2.24, 2.45) is 0 Å². The Bertz CT molecular complexity index is 2440. The second kappa shape index (κ2) is 77.3. The fourth-order valence-corrected chi connectivity index (χ4v) is 9.88. The molecule has 0 aliphatic rings. The molecule has 0 fully saturated rings. The first-order chi connectivity index (χ1) is 48.6. The van der Waals surface area contributed by atoms with Crippen molar-refractivity contribution in [3.8, 4) is 0 Å². The van der Waals surface area contributed by atoms with Gasteiger partial charge in [-0.05, 0) is 154 Å². The molecule has 0 aromatic rings. The number of carbonyl (C=O) groups excluding carboxylic acids is 2. The Hall–Kier alpha value is -6.39. The van der Waals surface area contributed by atoms with Crippen molar-refractivity contribution in [2.45, 2.75) is 283 Å². The maximum atomic E-state index is 13.0. The largest absolute Gasteiger partial charge is 0.477 e. The van der Waals surface area contributed by atoms with Gasteiger partial charge in [-0.25, -0.2) is 4.79 Å². The topological polar surface area (TPSA) is 108 Å². The first-order valence-electron chi connectivity index (χ1n) is 38.9. The number of rotatable bonds is 69. The van der Waals surface area contributed by atoms with Crippen LogP contribution in [0.25, 0.3) is 0 Å². The summed E-state index contributed by atoms with van der Waals surface area (Å²) in [5, 5.41) is 9.77. The molecule has 0 radical (unpaired) electrons. The Labute approximate surface area is 607 Å². The lowest BCUT2D eigenvalue weighted by Gasteiger charge is -2.25. The summed E-state index contributed by atoms with van der Waals surface area (Å²) >= 11 is 0. The van der Waals surface area contributed by atoms with Crippen LogP contribution >= 0.6 is 0 Å². The summed E-state index contributed by atoms with van der Waals surface area (Å²) < 4.78 is 23.0. The Morgan fingerprint density at radius 3 is 0.808 bits per heavy atom. The van der Waals surface area contributed by atoms with E-state index in [1.54, 1.807) is 0 Å². The van der Waals surface area contributed by atoms with Gasteiger partial charge in [0.2, 0.25) is 0 Å². The van der Waals surface area contributed by atoms with E-state index in [0.717, 1.165) is 173 Å². The summed E-state index contributed by atoms with van der Waals surface area (Å²) in [5.74, 6) is -2.04. The molecule has 0 saturated carbocycles. The first-order valence-corrected chi connectivity index (χ1v) is 38.9. The highest BCUT2D eigenvalue weighted by Crippen LogP contribution is 2.16. The molecule has 0 aromatic carbocycles. The SMILES string of the molecule is CC/C=C\C/C=C\C/C=C\C/C=C\C/C=C\C/C=C\C/C=C\C/C=C\C/C=C\C/C=C\C/C=C\CCCCCCCCCC(=O)OC(COC(=O)CCCCCCCCCCCCC/C=C\C/C=C\C/C=C\C/C=C\C/C=C\C/C=C\C/C=C\CC)COC(OCC[N+](C)(C)C)C(=O)O. The van der Waals surface area contributed by atoms with Crippen molar-refractivity contribution in [3.05, 3.63) is 219 Å². The first kappa shape index (κ1) is 92.6. The molecule has 0 bridgehead atoms. The van der Waals surface area contributed by atoms with E-state index in [-0.39, 0.29) is 38.6 Å². The van der Waals surface area contributed by atoms with Crippen molar-refractivity contribution in [1.29, 1.82) is 0 Å². The van der Waals surface area contributed by atoms with Crippen molar-refractivity contribution < 1.29 is 42.9 Å². The third-order valence-corrected chi connectivity index (χ3v) is 15.7. The number of allylic oxidation sites excluding steroid dienone is 36. The number of unbranched alkanes of at least 4 members (excludes halogenated alkanes) is 18. The highest BCUT2D eigenvalue weighted by atomic mass is 16.7. The van der Waals surface area contributed by atoms with E-state index in [1.165, 1.54) is 64.2 Å². The van der Waals surface area contributed by atoms with Gasteiger partial charge in [0.1, 0.15) is 13.2 Å². The quantitative estimate of drug-likeness (QED) is 0.0211. The van der Waals surface area contributed by atoms with E-state index < -0.39 is 24.3 Å². The van der Waals surface area contributed by atoms with Gasteiger partial charge >= 0.3 is 17.9 Å². The van der Waals surface area contributed by atoms with E-state index in [0.29, 0.717) is 17.4 Å². The van der Waals surface area contributed by atoms with Crippen LogP contribution in [-0.4, -0.2) is 87.4 Å². The standard InChI is InChI=1S/C90H141NO8/c1-6-8-10-12-14-16-18-20-22-24-26-28-30-32-34-36-38-40-41-42-43-44-45-46-47-49-51-53-55-57-59-61-63-65-67-69-71-73-75-77-79-81-88(93)99-86(85-98-90(89(94)95)96-83-82-91(3,4)5)84-97-87(92)80-78-76-74-72-70-68-66-64-62-60-58-56-54-52-50-48-39-37-35-33-31-29-27-25-23-21-19-17-15-13-11-9-7-2/h8-11,14-17,20-23,26-29,32-35,38-40,42-43,45-46,48-49,51-52,54-55,57,61,63,86,90H,6-7,12-13,18-19,24-25,30-31,36-37,41,44,47,50,53,56,58-60,62,64-85H2,1-5H3/p+1/b10-8-,11-9-,16-14-,17-15-,22-20-,23-21-,28-26-,29-27-,34-32-,35-33-,40-38-,43-42-,46-45-,48-39-,51-49-,54-52-,57-55-,63-61-. The van der Waals surface area contributed by atoms with Crippen molar-refractivity contribution in [2.75, 3.05) is 47.5 Å². The third-order valence-electron chi connectivity index (χ3n) is 15.7. The average Bonchev–Trinajstić information content (AvgIpc) is 2.62. The molecular weight excluding hydrogens is 1220 g/mol. The molecule has 9 heteroatoms. The molecule has 0 rings (SSSR count). The lowest BCUT2D eigenvalue weighted by atomic mass is 10.0. The number of carboxylic acids is 1. The van der Waals surface area contributed by atoms with Crippen LogP contribution in [-0.2, 0) is 33.3 Å². The molecule has 554 valence electrons. The highest BCUT2D eigenvalue weighted by molar-refractivity contribution is 5.71. The zero-order valence-corrected chi connectivity index (χ0v) is 63.3. The second-order valence-electron chi connectivity index (χ2n) is 26.2. The van der Waals surface area contributed by atoms with Crippen LogP contribution in [0.4, 0.5) is 0 Å². The molecule has 0 spiro atoms. The van der Waals surface area contributed by atoms with Gasteiger partial charge in [0.25, 0.3) is 6.29 Å². The number of quaternary nitrogens is 1. The number of ether oxygens (including phenoxy) is 4. The molecule has 0 aliphatic carbocycles. The maximum Gasteiger partial charge on any atom is 0.361 e. The van der Waals surface area contributed by atoms with Gasteiger partial charge in [-0.15, -0.1) is 0 Å². The predicted molar refractivity (Wildman–Crippen MR) is 428 cm³/mol. The van der Waals surface area contributed by atoms with Crippen molar-refractivity contribution in [3.63, 3.8) is 0 Å². The number of aliphatic carboxylic acids is 1. The van der Waals surface area contributed by atoms with Crippen LogP contribution in [0.3, 0.4) is 0 Å². The van der Waals surface area contributed by atoms with Gasteiger partial charge in [-0.1, -0.05) is 322 Å². The third kappa shape index (κ3) is 78.8. The molecule has 0 amide bonds. The fraction of sp³-hybridized carbons (Fsp3) is 0.567. The van der Waals surface area contributed by atoms with Crippen LogP contribution in [0.15, 0.2) is 219 Å². The molecule has 0 aliphatic heterocycles. The van der Waals surface area contributed by atoms with Crippen LogP contribution in [0.1, 0.15) is 271 Å². The summed E-state index contributed by atoms with van der Waals surface area (Å²) in [4.78, 5) is 37.7. The monoisotopic (exact) mass is 1370 g/mol. The summed E-state index contributed by atoms with van der Waals surface area (Å²) in [5.41, 5.74) is 0.